The van der Waals surface area contributed by atoms with Gasteiger partial charge in [-0.15, -0.1) is 0 Å². The topological polar surface area (TPSA) is 86.3 Å². The van der Waals surface area contributed by atoms with Gasteiger partial charge in [0.25, 0.3) is 11.5 Å². The summed E-state index contributed by atoms with van der Waals surface area (Å²) in [7, 11) is 0. The van der Waals surface area contributed by atoms with Crippen LogP contribution in [0.1, 0.15) is 59.0 Å². The van der Waals surface area contributed by atoms with Gasteiger partial charge in [-0.2, -0.15) is 13.2 Å². The zero-order valence-corrected chi connectivity index (χ0v) is 18.4. The van der Waals surface area contributed by atoms with Gasteiger partial charge in [-0.25, -0.2) is 0 Å². The van der Waals surface area contributed by atoms with Gasteiger partial charge in [0.15, 0.2) is 0 Å². The Balaban J connectivity index is 1.58. The molecule has 2 aromatic carbocycles. The van der Waals surface area contributed by atoms with Gasteiger partial charge < -0.3 is 15.8 Å². The summed E-state index contributed by atoms with van der Waals surface area (Å²) in [5.41, 5.74) is 6.33. The molecule has 9 heteroatoms. The second-order valence-corrected chi connectivity index (χ2v) is 8.30. The van der Waals surface area contributed by atoms with Crippen molar-refractivity contribution in [2.24, 2.45) is 0 Å². The Bertz CT molecular complexity index is 1260. The number of alkyl halides is 3. The van der Waals surface area contributed by atoms with Crippen molar-refractivity contribution in [3.05, 3.63) is 93.4 Å². The van der Waals surface area contributed by atoms with Crippen molar-refractivity contribution in [2.75, 3.05) is 12.3 Å². The Hall–Kier alpha value is -3.59. The minimum absolute atomic E-state index is 0.0251. The predicted molar refractivity (Wildman–Crippen MR) is 122 cm³/mol. The summed E-state index contributed by atoms with van der Waals surface area (Å²) < 4.78 is 46.5. The number of halogens is 3. The van der Waals surface area contributed by atoms with Crippen LogP contribution < -0.4 is 16.6 Å². The lowest BCUT2D eigenvalue weighted by molar-refractivity contribution is -0.137. The minimum atomic E-state index is -4.55. The third kappa shape index (κ3) is 5.14. The van der Waals surface area contributed by atoms with E-state index in [0.717, 1.165) is 30.5 Å². The number of carbonyl (C=O) groups is 1. The third-order valence-electron chi connectivity index (χ3n) is 5.78. The van der Waals surface area contributed by atoms with Crippen LogP contribution in [0, 0.1) is 0 Å². The second kappa shape index (κ2) is 9.34. The quantitative estimate of drug-likeness (QED) is 0.525. The summed E-state index contributed by atoms with van der Waals surface area (Å²) in [6, 6.07) is 12.5. The van der Waals surface area contributed by atoms with Crippen LogP contribution in [0.5, 0.6) is 0 Å². The van der Waals surface area contributed by atoms with Crippen molar-refractivity contribution < 1.29 is 22.7 Å². The maximum atomic E-state index is 13.1. The lowest BCUT2D eigenvalue weighted by atomic mass is 10.0. The molecule has 1 amide bonds. The van der Waals surface area contributed by atoms with Crippen LogP contribution in [0.2, 0.25) is 0 Å². The molecule has 0 bridgehead atoms. The number of nitrogens with two attached hydrogens (primary N) is 1. The summed E-state index contributed by atoms with van der Waals surface area (Å²) in [5.74, 6) is -0.535. The average molecular weight is 471 g/mol. The molecule has 3 aromatic rings. The van der Waals surface area contributed by atoms with Crippen molar-refractivity contribution in [3.8, 4) is 5.69 Å². The molecule has 2 heterocycles. The fraction of sp³-hybridized carbons (Fsp3) is 0.280. The number of nitrogens with zero attached hydrogens (tertiary/aromatic N) is 1. The summed E-state index contributed by atoms with van der Waals surface area (Å²) in [6.45, 7) is 2.26. The molecule has 1 unspecified atom stereocenters. The molecule has 1 aliphatic rings. The lowest BCUT2D eigenvalue weighted by Crippen LogP contribution is -2.28. The number of amides is 1. The molecule has 0 spiro atoms. The Labute approximate surface area is 194 Å². The number of hydrogen-bond donors (Lipinski definition) is 2. The second-order valence-electron chi connectivity index (χ2n) is 8.30. The van der Waals surface area contributed by atoms with E-state index in [9.17, 15) is 22.8 Å². The number of nitrogen functional groups attached to an aromatic ring is 1. The van der Waals surface area contributed by atoms with Crippen LogP contribution >= 0.6 is 0 Å². The highest BCUT2D eigenvalue weighted by atomic mass is 19.4. The van der Waals surface area contributed by atoms with E-state index in [1.165, 1.54) is 29.0 Å². The SMILES string of the molecule is C[C@@H](NC(=O)c1ccc(=O)n(-c2cccc(C3CCCO3)c2)c1)c1cc(N)cc(C(F)(F)F)c1. The van der Waals surface area contributed by atoms with Crippen molar-refractivity contribution in [1.82, 2.24) is 9.88 Å². The van der Waals surface area contributed by atoms with Crippen LogP contribution in [-0.4, -0.2) is 17.1 Å². The van der Waals surface area contributed by atoms with E-state index >= 15 is 0 Å². The van der Waals surface area contributed by atoms with Gasteiger partial charge in [0, 0.05) is 30.2 Å². The normalized spacial score (nSPS) is 16.9. The molecular formula is C25H24F3N3O3. The molecular weight excluding hydrogens is 447 g/mol. The number of pyridine rings is 1. The van der Waals surface area contributed by atoms with Gasteiger partial charge in [0.05, 0.1) is 23.3 Å². The third-order valence-corrected chi connectivity index (χ3v) is 5.78. The Kier molecular flexibility index (Phi) is 6.47. The van der Waals surface area contributed by atoms with Gasteiger partial charge in [-0.3, -0.25) is 14.2 Å². The smallest absolute Gasteiger partial charge is 0.399 e. The van der Waals surface area contributed by atoms with E-state index in [1.54, 1.807) is 13.0 Å². The van der Waals surface area contributed by atoms with E-state index in [2.05, 4.69) is 5.32 Å². The first kappa shape index (κ1) is 23.6. The van der Waals surface area contributed by atoms with E-state index in [-0.39, 0.29) is 28.5 Å². The van der Waals surface area contributed by atoms with E-state index in [1.807, 2.05) is 18.2 Å². The molecule has 1 aliphatic heterocycles. The molecule has 1 fully saturated rings. The van der Waals surface area contributed by atoms with Crippen molar-refractivity contribution in [2.45, 2.75) is 38.1 Å². The molecule has 1 saturated heterocycles. The van der Waals surface area contributed by atoms with Crippen molar-refractivity contribution >= 4 is 11.6 Å². The molecule has 0 saturated carbocycles. The fourth-order valence-electron chi connectivity index (χ4n) is 3.99. The minimum Gasteiger partial charge on any atom is -0.399 e. The maximum Gasteiger partial charge on any atom is 0.416 e. The van der Waals surface area contributed by atoms with Crippen molar-refractivity contribution in [3.63, 3.8) is 0 Å². The van der Waals surface area contributed by atoms with Gasteiger partial charge in [-0.05, 0) is 67.3 Å². The van der Waals surface area contributed by atoms with Crippen LogP contribution in [0.25, 0.3) is 5.69 Å². The Morgan fingerprint density at radius 3 is 2.68 bits per heavy atom. The van der Waals surface area contributed by atoms with E-state index in [0.29, 0.717) is 12.3 Å². The Morgan fingerprint density at radius 1 is 1.18 bits per heavy atom. The molecule has 0 radical (unpaired) electrons. The van der Waals surface area contributed by atoms with Crippen LogP contribution in [-0.2, 0) is 10.9 Å². The first-order valence-corrected chi connectivity index (χ1v) is 10.8. The number of nitrogens with one attached hydrogen (secondary N) is 1. The van der Waals surface area contributed by atoms with E-state index in [4.69, 9.17) is 10.5 Å². The number of anilines is 1. The fourth-order valence-corrected chi connectivity index (χ4v) is 3.99. The standard InChI is InChI=1S/C25H24F3N3O3/c1-15(18-10-19(25(26,27)28)13-20(29)11-18)30-24(33)17-7-8-23(32)31(14-17)21-5-2-4-16(12-21)22-6-3-9-34-22/h2,4-5,7-8,10-15,22H,3,6,9,29H2,1H3,(H,30,33)/t15-,22?/m1/s1. The number of benzene rings is 2. The van der Waals surface area contributed by atoms with Gasteiger partial charge in [0.2, 0.25) is 0 Å². The number of hydrogen-bond acceptors (Lipinski definition) is 4. The van der Waals surface area contributed by atoms with Crippen LogP contribution in [0.15, 0.2) is 65.6 Å². The zero-order valence-electron chi connectivity index (χ0n) is 18.4. The summed E-state index contributed by atoms with van der Waals surface area (Å²) in [6.07, 6.45) is -1.29. The number of rotatable bonds is 5. The highest BCUT2D eigenvalue weighted by Gasteiger charge is 2.31. The summed E-state index contributed by atoms with van der Waals surface area (Å²) in [5, 5.41) is 2.68. The predicted octanol–water partition coefficient (Wildman–Crippen LogP) is 4.78. The molecule has 3 N–H and O–H groups in total. The molecule has 0 aliphatic carbocycles. The largest absolute Gasteiger partial charge is 0.416 e. The summed E-state index contributed by atoms with van der Waals surface area (Å²) >= 11 is 0. The van der Waals surface area contributed by atoms with Crippen LogP contribution in [0.4, 0.5) is 18.9 Å². The first-order chi connectivity index (χ1) is 16.1. The average Bonchev–Trinajstić information content (AvgIpc) is 3.33. The summed E-state index contributed by atoms with van der Waals surface area (Å²) in [4.78, 5) is 25.4. The molecule has 4 rings (SSSR count). The number of carbonyl (C=O) groups excluding carboxylic acids is 1. The Morgan fingerprint density at radius 2 is 1.97 bits per heavy atom. The lowest BCUT2D eigenvalue weighted by Gasteiger charge is -2.18. The van der Waals surface area contributed by atoms with Gasteiger partial charge in [0.1, 0.15) is 0 Å². The zero-order chi connectivity index (χ0) is 24.5. The number of ether oxygens (including phenoxy) is 1. The van der Waals surface area contributed by atoms with E-state index < -0.39 is 23.7 Å². The maximum absolute atomic E-state index is 13.1. The highest BCUT2D eigenvalue weighted by molar-refractivity contribution is 5.94. The highest BCUT2D eigenvalue weighted by Crippen LogP contribution is 2.33. The monoisotopic (exact) mass is 471 g/mol. The van der Waals surface area contributed by atoms with Crippen molar-refractivity contribution in [1.29, 1.82) is 0 Å². The molecule has 34 heavy (non-hydrogen) atoms. The first-order valence-electron chi connectivity index (χ1n) is 10.8. The van der Waals surface area contributed by atoms with Crippen LogP contribution in [0.3, 0.4) is 0 Å². The number of aromatic nitrogens is 1. The molecule has 178 valence electrons. The van der Waals surface area contributed by atoms with Gasteiger partial charge >= 0.3 is 6.18 Å². The molecule has 1 aromatic heterocycles. The van der Waals surface area contributed by atoms with Gasteiger partial charge in [-0.1, -0.05) is 12.1 Å². The molecule has 6 nitrogen and oxygen atoms in total. The molecule has 2 atom stereocenters.